The Morgan fingerprint density at radius 1 is 1.30 bits per heavy atom. The largest absolute Gasteiger partial charge is 0.399 e. The number of hydrogen-bond donors (Lipinski definition) is 1. The molecular formula is C19H25FN2O. The van der Waals surface area contributed by atoms with E-state index in [0.717, 1.165) is 37.1 Å². The molecule has 0 saturated carbocycles. The molecule has 1 aliphatic heterocycles. The second-order valence-corrected chi connectivity index (χ2v) is 6.80. The van der Waals surface area contributed by atoms with E-state index < -0.39 is 0 Å². The van der Waals surface area contributed by atoms with Gasteiger partial charge in [-0.2, -0.15) is 0 Å². The van der Waals surface area contributed by atoms with Crippen molar-refractivity contribution < 1.29 is 9.13 Å². The number of nitrogens with zero attached hydrogens (tertiary/aromatic N) is 1. The van der Waals surface area contributed by atoms with Gasteiger partial charge in [-0.15, -0.1) is 0 Å². The lowest BCUT2D eigenvalue weighted by Crippen LogP contribution is -2.34. The van der Waals surface area contributed by atoms with Gasteiger partial charge in [0.25, 0.3) is 0 Å². The number of halogens is 1. The van der Waals surface area contributed by atoms with Crippen LogP contribution in [0.15, 0.2) is 47.7 Å². The second kappa shape index (κ2) is 6.46. The third-order valence-corrected chi connectivity index (χ3v) is 4.93. The van der Waals surface area contributed by atoms with Crippen molar-refractivity contribution in [3.05, 3.63) is 59.1 Å². The highest BCUT2D eigenvalue weighted by Gasteiger charge is 2.48. The van der Waals surface area contributed by atoms with Crippen LogP contribution in [0, 0.1) is 11.7 Å². The number of fused-ring (bicyclic) bond motifs is 1. The lowest BCUT2D eigenvalue weighted by atomic mass is 9.73. The normalized spacial score (nSPS) is 26.9. The summed E-state index contributed by atoms with van der Waals surface area (Å²) in [5.74, 6) is 0.0844. The smallest absolute Gasteiger partial charge is 0.123 e. The van der Waals surface area contributed by atoms with Crippen molar-refractivity contribution >= 4 is 0 Å². The highest BCUT2D eigenvalue weighted by atomic mass is 19.1. The van der Waals surface area contributed by atoms with E-state index in [4.69, 9.17) is 10.5 Å². The Morgan fingerprint density at radius 2 is 2.04 bits per heavy atom. The molecule has 1 aromatic rings. The molecule has 1 aliphatic carbocycles. The average molecular weight is 316 g/mol. The number of benzene rings is 1. The molecule has 0 radical (unpaired) electrons. The summed E-state index contributed by atoms with van der Waals surface area (Å²) >= 11 is 0. The summed E-state index contributed by atoms with van der Waals surface area (Å²) < 4.78 is 19.7. The molecule has 3 rings (SSSR count). The van der Waals surface area contributed by atoms with E-state index in [-0.39, 0.29) is 11.4 Å². The van der Waals surface area contributed by atoms with Gasteiger partial charge in [0.2, 0.25) is 0 Å². The van der Waals surface area contributed by atoms with Crippen molar-refractivity contribution in [3.63, 3.8) is 0 Å². The summed E-state index contributed by atoms with van der Waals surface area (Å²) in [4.78, 5) is 2.18. The monoisotopic (exact) mass is 316 g/mol. The van der Waals surface area contributed by atoms with E-state index in [2.05, 4.69) is 25.1 Å². The molecule has 124 valence electrons. The number of ether oxygens (including phenoxy) is 1. The molecule has 4 heteroatoms. The molecule has 1 aromatic carbocycles. The fourth-order valence-electron chi connectivity index (χ4n) is 3.79. The first kappa shape index (κ1) is 16.2. The number of rotatable bonds is 5. The first-order valence-corrected chi connectivity index (χ1v) is 8.22. The zero-order valence-corrected chi connectivity index (χ0v) is 13.9. The Bertz CT molecular complexity index is 621. The van der Waals surface area contributed by atoms with Crippen LogP contribution >= 0.6 is 0 Å². The highest BCUT2D eigenvalue weighted by Crippen LogP contribution is 2.50. The molecule has 23 heavy (non-hydrogen) atoms. The molecule has 1 saturated heterocycles. The van der Waals surface area contributed by atoms with Gasteiger partial charge in [0.15, 0.2) is 0 Å². The van der Waals surface area contributed by atoms with Gasteiger partial charge in [-0.3, -0.25) is 0 Å². The quantitative estimate of drug-likeness (QED) is 0.907. The molecule has 0 aromatic heterocycles. The van der Waals surface area contributed by atoms with Gasteiger partial charge < -0.3 is 15.4 Å². The van der Waals surface area contributed by atoms with E-state index in [1.807, 2.05) is 18.2 Å². The van der Waals surface area contributed by atoms with Crippen LogP contribution in [-0.4, -0.2) is 32.1 Å². The fourth-order valence-corrected chi connectivity index (χ4v) is 3.79. The van der Waals surface area contributed by atoms with Gasteiger partial charge in [0.1, 0.15) is 11.4 Å². The van der Waals surface area contributed by atoms with Gasteiger partial charge in [-0.25, -0.2) is 4.39 Å². The molecular weight excluding hydrogens is 291 g/mol. The maximum Gasteiger partial charge on any atom is 0.123 e. The maximum absolute atomic E-state index is 13.4. The molecule has 0 spiro atoms. The zero-order valence-electron chi connectivity index (χ0n) is 13.9. The zero-order chi connectivity index (χ0) is 16.4. The maximum atomic E-state index is 13.4. The van der Waals surface area contributed by atoms with E-state index in [1.54, 1.807) is 0 Å². The molecule has 0 amide bonds. The Labute approximate surface area is 137 Å². The molecule has 3 nitrogen and oxygen atoms in total. The summed E-state index contributed by atoms with van der Waals surface area (Å²) in [6, 6.07) is 6.80. The standard InChI is InChI=1S/C19H25FN2O/c1-22(2)11-3-10-19(15-4-6-16(20)7-5-15)18-9-8-17(21)12-14(18)13-23-19/h4-8,12,18H,3,9-11,13,21H2,1-2H3. The van der Waals surface area contributed by atoms with Gasteiger partial charge in [-0.1, -0.05) is 18.2 Å². The van der Waals surface area contributed by atoms with E-state index in [1.165, 1.54) is 17.7 Å². The van der Waals surface area contributed by atoms with Gasteiger partial charge >= 0.3 is 0 Å². The fraction of sp³-hybridized carbons (Fsp3) is 0.474. The SMILES string of the molecule is CN(C)CCCC1(c2ccc(F)cc2)OCC2=CC(N)=CCC21. The number of allylic oxidation sites excluding steroid dienone is 2. The third kappa shape index (κ3) is 3.19. The van der Waals surface area contributed by atoms with Crippen LogP contribution in [0.5, 0.6) is 0 Å². The van der Waals surface area contributed by atoms with E-state index in [0.29, 0.717) is 12.5 Å². The van der Waals surface area contributed by atoms with Crippen molar-refractivity contribution in [3.8, 4) is 0 Å². The summed E-state index contributed by atoms with van der Waals surface area (Å²) in [6.45, 7) is 1.62. The summed E-state index contributed by atoms with van der Waals surface area (Å²) in [6.07, 6.45) is 6.97. The minimum Gasteiger partial charge on any atom is -0.399 e. The van der Waals surface area contributed by atoms with E-state index in [9.17, 15) is 4.39 Å². The first-order chi connectivity index (χ1) is 11.0. The van der Waals surface area contributed by atoms with Gasteiger partial charge in [-0.05, 0) is 69.2 Å². The van der Waals surface area contributed by atoms with Gasteiger partial charge in [0.05, 0.1) is 6.61 Å². The number of nitrogens with two attached hydrogens (primary N) is 1. The molecule has 2 unspecified atom stereocenters. The highest BCUT2D eigenvalue weighted by molar-refractivity contribution is 5.37. The van der Waals surface area contributed by atoms with Crippen molar-refractivity contribution in [1.82, 2.24) is 4.90 Å². The summed E-state index contributed by atoms with van der Waals surface area (Å²) in [7, 11) is 4.16. The predicted molar refractivity (Wildman–Crippen MR) is 90.3 cm³/mol. The molecule has 2 N–H and O–H groups in total. The Morgan fingerprint density at radius 3 is 2.74 bits per heavy atom. The van der Waals surface area contributed by atoms with Crippen LogP contribution in [0.2, 0.25) is 0 Å². The van der Waals surface area contributed by atoms with Crippen LogP contribution in [0.3, 0.4) is 0 Å². The first-order valence-electron chi connectivity index (χ1n) is 8.22. The van der Waals surface area contributed by atoms with Crippen molar-refractivity contribution in [2.45, 2.75) is 24.9 Å². The average Bonchev–Trinajstić information content (AvgIpc) is 2.87. The second-order valence-electron chi connectivity index (χ2n) is 6.80. The predicted octanol–water partition coefficient (Wildman–Crippen LogP) is 3.18. The Kier molecular flexibility index (Phi) is 4.55. The third-order valence-electron chi connectivity index (χ3n) is 4.93. The molecule has 0 bridgehead atoms. The molecule has 2 atom stereocenters. The van der Waals surface area contributed by atoms with Crippen LogP contribution < -0.4 is 5.73 Å². The topological polar surface area (TPSA) is 38.5 Å². The van der Waals surface area contributed by atoms with Crippen molar-refractivity contribution in [2.24, 2.45) is 11.7 Å². The summed E-state index contributed by atoms with van der Waals surface area (Å²) in [5.41, 5.74) is 8.74. The summed E-state index contributed by atoms with van der Waals surface area (Å²) in [5, 5.41) is 0. The lowest BCUT2D eigenvalue weighted by Gasteiger charge is -2.36. The minimum absolute atomic E-state index is 0.210. The lowest BCUT2D eigenvalue weighted by molar-refractivity contribution is -0.0359. The van der Waals surface area contributed by atoms with Crippen LogP contribution in [0.25, 0.3) is 0 Å². The number of hydrogen-bond acceptors (Lipinski definition) is 3. The van der Waals surface area contributed by atoms with Crippen molar-refractivity contribution in [1.29, 1.82) is 0 Å². The Hall–Kier alpha value is -1.65. The Balaban J connectivity index is 1.91. The minimum atomic E-state index is -0.368. The molecule has 1 fully saturated rings. The van der Waals surface area contributed by atoms with Crippen LogP contribution in [-0.2, 0) is 10.3 Å². The van der Waals surface area contributed by atoms with Crippen LogP contribution in [0.4, 0.5) is 4.39 Å². The van der Waals surface area contributed by atoms with E-state index >= 15 is 0 Å². The van der Waals surface area contributed by atoms with Gasteiger partial charge in [0, 0.05) is 11.6 Å². The van der Waals surface area contributed by atoms with Crippen LogP contribution in [0.1, 0.15) is 24.8 Å². The van der Waals surface area contributed by atoms with Crippen molar-refractivity contribution in [2.75, 3.05) is 27.2 Å². The molecule has 1 heterocycles. The molecule has 2 aliphatic rings.